The summed E-state index contributed by atoms with van der Waals surface area (Å²) < 4.78 is 0. The van der Waals surface area contributed by atoms with Crippen LogP contribution in [0.15, 0.2) is 18.0 Å². The van der Waals surface area contributed by atoms with E-state index in [1.165, 1.54) is 16.0 Å². The van der Waals surface area contributed by atoms with E-state index in [0.717, 1.165) is 0 Å². The van der Waals surface area contributed by atoms with E-state index in [0.29, 0.717) is 0 Å². The maximum absolute atomic E-state index is 3.76. The van der Waals surface area contributed by atoms with E-state index in [4.69, 9.17) is 0 Å². The third kappa shape index (κ3) is 1.60. The maximum Gasteiger partial charge on any atom is 0.0339 e. The van der Waals surface area contributed by atoms with Gasteiger partial charge in [0.1, 0.15) is 0 Å². The van der Waals surface area contributed by atoms with E-state index in [1.807, 2.05) is 13.0 Å². The fourth-order valence-corrected chi connectivity index (χ4v) is 1.89. The summed E-state index contributed by atoms with van der Waals surface area (Å²) in [4.78, 5) is 1.26. The first-order valence-electron chi connectivity index (χ1n) is 3.62. The zero-order valence-electron chi connectivity index (χ0n) is 6.92. The molecule has 1 heterocycles. The van der Waals surface area contributed by atoms with Gasteiger partial charge in [-0.15, -0.1) is 11.3 Å². The first kappa shape index (κ1) is 8.28. The summed E-state index contributed by atoms with van der Waals surface area (Å²) in [5, 5.41) is 2.16. The second kappa shape index (κ2) is 3.54. The molecule has 0 saturated heterocycles. The fraction of sp³-hybridized carbons (Fsp3) is 0.200. The summed E-state index contributed by atoms with van der Waals surface area (Å²) in [5.41, 5.74) is 2.65. The lowest BCUT2D eigenvalue weighted by Gasteiger charge is -1.91. The first-order valence-corrected chi connectivity index (χ1v) is 4.50. The molecule has 1 aromatic rings. The molecule has 0 bridgehead atoms. The lowest BCUT2D eigenvalue weighted by atomic mass is 10.1. The molecular weight excluding hydrogens is 152 g/mol. The highest BCUT2D eigenvalue weighted by atomic mass is 32.1. The van der Waals surface area contributed by atoms with Crippen molar-refractivity contribution in [2.45, 2.75) is 13.8 Å². The average Bonchev–Trinajstić information content (AvgIpc) is 2.34. The molecule has 11 heavy (non-hydrogen) atoms. The predicted octanol–water partition coefficient (Wildman–Crippen LogP) is 3.73. The van der Waals surface area contributed by atoms with Gasteiger partial charge in [0.05, 0.1) is 0 Å². The van der Waals surface area contributed by atoms with Crippen LogP contribution in [0.25, 0.3) is 12.2 Å². The molecule has 0 aliphatic rings. The molecule has 0 nitrogen and oxygen atoms in total. The van der Waals surface area contributed by atoms with Gasteiger partial charge in [0.2, 0.25) is 0 Å². The van der Waals surface area contributed by atoms with Crippen molar-refractivity contribution in [3.63, 3.8) is 0 Å². The topological polar surface area (TPSA) is 0 Å². The van der Waals surface area contributed by atoms with Crippen LogP contribution in [0.2, 0.25) is 0 Å². The lowest BCUT2D eigenvalue weighted by molar-refractivity contribution is 1.51. The van der Waals surface area contributed by atoms with Crippen molar-refractivity contribution < 1.29 is 0 Å². The van der Waals surface area contributed by atoms with Crippen LogP contribution in [0.1, 0.15) is 22.9 Å². The second-order valence-electron chi connectivity index (χ2n) is 2.40. The van der Waals surface area contributed by atoms with E-state index in [2.05, 4.69) is 31.0 Å². The van der Waals surface area contributed by atoms with Crippen LogP contribution in [-0.2, 0) is 0 Å². The molecule has 0 spiro atoms. The highest BCUT2D eigenvalue weighted by Gasteiger charge is 2.00. The first-order chi connectivity index (χ1) is 5.29. The monoisotopic (exact) mass is 164 g/mol. The second-order valence-corrected chi connectivity index (χ2v) is 3.31. The van der Waals surface area contributed by atoms with Crippen molar-refractivity contribution in [3.8, 4) is 0 Å². The van der Waals surface area contributed by atoms with Crippen molar-refractivity contribution in [2.75, 3.05) is 0 Å². The van der Waals surface area contributed by atoms with E-state index in [-0.39, 0.29) is 0 Å². The number of thiophene rings is 1. The molecule has 0 amide bonds. The molecule has 0 atom stereocenters. The van der Waals surface area contributed by atoms with Crippen LogP contribution in [0.5, 0.6) is 0 Å². The molecule has 1 heteroatoms. The van der Waals surface area contributed by atoms with Crippen LogP contribution < -0.4 is 0 Å². The third-order valence-corrected chi connectivity index (χ3v) is 2.68. The molecule has 0 N–H and O–H groups in total. The molecule has 0 aliphatic carbocycles. The molecule has 0 unspecified atom stereocenters. The Bertz CT molecular complexity index is 279. The number of hydrogen-bond acceptors (Lipinski definition) is 1. The Morgan fingerprint density at radius 1 is 1.55 bits per heavy atom. The summed E-state index contributed by atoms with van der Waals surface area (Å²) in [6.07, 6.45) is 6.10. The van der Waals surface area contributed by atoms with Crippen LogP contribution in [0.3, 0.4) is 0 Å². The predicted molar refractivity (Wildman–Crippen MR) is 53.9 cm³/mol. The highest BCUT2D eigenvalue weighted by Crippen LogP contribution is 2.24. The van der Waals surface area contributed by atoms with Crippen molar-refractivity contribution >= 4 is 23.5 Å². The minimum atomic E-state index is 1.26. The Morgan fingerprint density at radius 2 is 2.27 bits per heavy atom. The summed E-state index contributed by atoms with van der Waals surface area (Å²) in [6.45, 7) is 7.92. The Hall–Kier alpha value is -0.820. The Labute approximate surface area is 71.9 Å². The van der Waals surface area contributed by atoms with Crippen LogP contribution in [0.4, 0.5) is 0 Å². The number of rotatable bonds is 2. The van der Waals surface area contributed by atoms with Gasteiger partial charge in [-0.2, -0.15) is 0 Å². The van der Waals surface area contributed by atoms with E-state index in [1.54, 1.807) is 11.3 Å². The quantitative estimate of drug-likeness (QED) is 0.624. The van der Waals surface area contributed by atoms with Crippen molar-refractivity contribution in [2.24, 2.45) is 0 Å². The lowest BCUT2D eigenvalue weighted by Crippen LogP contribution is -1.73. The van der Waals surface area contributed by atoms with Gasteiger partial charge in [-0.05, 0) is 30.4 Å². The largest absolute Gasteiger partial charge is 0.144 e. The van der Waals surface area contributed by atoms with Gasteiger partial charge in [-0.1, -0.05) is 24.8 Å². The van der Waals surface area contributed by atoms with Gasteiger partial charge in [-0.3, -0.25) is 0 Å². The van der Waals surface area contributed by atoms with Gasteiger partial charge in [0.15, 0.2) is 0 Å². The number of aryl methyl sites for hydroxylation is 1. The summed E-state index contributed by atoms with van der Waals surface area (Å²) in [6, 6.07) is 0. The van der Waals surface area contributed by atoms with Gasteiger partial charge in [0, 0.05) is 4.88 Å². The van der Waals surface area contributed by atoms with Crippen LogP contribution >= 0.6 is 11.3 Å². The molecule has 1 rings (SSSR count). The SMILES string of the molecule is C=Cc1scc(C)c1C=CC. The molecular formula is C10H12S. The molecule has 0 aromatic carbocycles. The van der Waals surface area contributed by atoms with Crippen molar-refractivity contribution in [1.82, 2.24) is 0 Å². The number of allylic oxidation sites excluding steroid dienone is 1. The van der Waals surface area contributed by atoms with Crippen molar-refractivity contribution in [1.29, 1.82) is 0 Å². The van der Waals surface area contributed by atoms with Gasteiger partial charge >= 0.3 is 0 Å². The Morgan fingerprint density at radius 3 is 2.82 bits per heavy atom. The summed E-state index contributed by atoms with van der Waals surface area (Å²) >= 11 is 1.75. The van der Waals surface area contributed by atoms with Crippen molar-refractivity contribution in [3.05, 3.63) is 34.0 Å². The standard InChI is InChI=1S/C10H12S/c1-4-6-9-8(3)7-11-10(9)5-2/h4-7H,2H2,1,3H3. The smallest absolute Gasteiger partial charge is 0.0339 e. The summed E-state index contributed by atoms with van der Waals surface area (Å²) in [7, 11) is 0. The fourth-order valence-electron chi connectivity index (χ4n) is 1.01. The third-order valence-electron chi connectivity index (χ3n) is 1.57. The highest BCUT2D eigenvalue weighted by molar-refractivity contribution is 7.11. The molecule has 0 fully saturated rings. The molecule has 0 radical (unpaired) electrons. The van der Waals surface area contributed by atoms with Gasteiger partial charge in [0.25, 0.3) is 0 Å². The van der Waals surface area contributed by atoms with Gasteiger partial charge in [-0.25, -0.2) is 0 Å². The zero-order valence-corrected chi connectivity index (χ0v) is 7.74. The zero-order chi connectivity index (χ0) is 8.27. The molecule has 0 aliphatic heterocycles. The molecule has 1 aromatic heterocycles. The number of hydrogen-bond donors (Lipinski definition) is 0. The summed E-state index contributed by atoms with van der Waals surface area (Å²) in [5.74, 6) is 0. The van der Waals surface area contributed by atoms with E-state index < -0.39 is 0 Å². The van der Waals surface area contributed by atoms with E-state index in [9.17, 15) is 0 Å². The Balaban J connectivity index is 3.17. The minimum absolute atomic E-state index is 1.26. The van der Waals surface area contributed by atoms with Crippen LogP contribution in [-0.4, -0.2) is 0 Å². The maximum atomic E-state index is 3.76. The Kier molecular flexibility index (Phi) is 2.66. The molecule has 0 saturated carbocycles. The average molecular weight is 164 g/mol. The van der Waals surface area contributed by atoms with Gasteiger partial charge < -0.3 is 0 Å². The van der Waals surface area contributed by atoms with E-state index >= 15 is 0 Å². The normalized spacial score (nSPS) is 10.7. The van der Waals surface area contributed by atoms with Crippen LogP contribution in [0, 0.1) is 6.92 Å². The molecule has 58 valence electrons. The minimum Gasteiger partial charge on any atom is -0.144 e.